The molecule has 1 aliphatic rings. The van der Waals surface area contributed by atoms with Crippen molar-refractivity contribution in [1.82, 2.24) is 10.4 Å². The number of carbonyl (C=O) groups excluding carboxylic acids is 1. The first-order valence-electron chi connectivity index (χ1n) is 8.04. The van der Waals surface area contributed by atoms with Crippen LogP contribution < -0.4 is 5.43 Å². The highest BCUT2D eigenvalue weighted by molar-refractivity contribution is 5.86. The molecule has 1 N–H and O–H groups in total. The SMILES string of the molecule is O=C(NN=Cc1ccccc1)C1CC1c1cnc2ccccc2c1. The van der Waals surface area contributed by atoms with Crippen LogP contribution in [-0.2, 0) is 4.79 Å². The monoisotopic (exact) mass is 315 g/mol. The number of hydrazone groups is 1. The Balaban J connectivity index is 1.40. The Bertz CT molecular complexity index is 905. The number of hydrogen-bond acceptors (Lipinski definition) is 3. The van der Waals surface area contributed by atoms with Gasteiger partial charge in [-0.1, -0.05) is 48.5 Å². The van der Waals surface area contributed by atoms with Crippen molar-refractivity contribution in [2.45, 2.75) is 12.3 Å². The van der Waals surface area contributed by atoms with Gasteiger partial charge in [0.15, 0.2) is 0 Å². The molecule has 1 saturated carbocycles. The van der Waals surface area contributed by atoms with E-state index >= 15 is 0 Å². The van der Waals surface area contributed by atoms with E-state index in [-0.39, 0.29) is 17.7 Å². The first kappa shape index (κ1) is 14.6. The van der Waals surface area contributed by atoms with Crippen LogP contribution in [0.15, 0.2) is 72.0 Å². The van der Waals surface area contributed by atoms with Crippen molar-refractivity contribution in [3.63, 3.8) is 0 Å². The third-order valence-electron chi connectivity index (χ3n) is 4.35. The van der Waals surface area contributed by atoms with Gasteiger partial charge in [0, 0.05) is 17.5 Å². The lowest BCUT2D eigenvalue weighted by Gasteiger charge is -2.02. The molecule has 0 saturated heterocycles. The molecular formula is C20H17N3O. The van der Waals surface area contributed by atoms with Gasteiger partial charge in [-0.2, -0.15) is 5.10 Å². The third kappa shape index (κ3) is 3.04. The van der Waals surface area contributed by atoms with E-state index in [1.54, 1.807) is 6.21 Å². The van der Waals surface area contributed by atoms with E-state index in [2.05, 4.69) is 21.6 Å². The minimum Gasteiger partial charge on any atom is -0.273 e. The smallest absolute Gasteiger partial charge is 0.243 e. The molecule has 3 aromatic rings. The number of nitrogens with one attached hydrogen (secondary N) is 1. The fourth-order valence-electron chi connectivity index (χ4n) is 2.94. The molecule has 1 fully saturated rings. The molecule has 4 heteroatoms. The molecule has 0 spiro atoms. The summed E-state index contributed by atoms with van der Waals surface area (Å²) in [6.07, 6.45) is 4.40. The number of pyridine rings is 1. The van der Waals surface area contributed by atoms with Gasteiger partial charge in [-0.25, -0.2) is 5.43 Å². The van der Waals surface area contributed by atoms with Gasteiger partial charge in [0.25, 0.3) is 0 Å². The number of hydrogen-bond donors (Lipinski definition) is 1. The van der Waals surface area contributed by atoms with Gasteiger partial charge in [0.2, 0.25) is 5.91 Å². The summed E-state index contributed by atoms with van der Waals surface area (Å²) < 4.78 is 0. The second-order valence-corrected chi connectivity index (χ2v) is 6.05. The van der Waals surface area contributed by atoms with Crippen molar-refractivity contribution >= 4 is 23.0 Å². The van der Waals surface area contributed by atoms with Crippen LogP contribution in [0.1, 0.15) is 23.5 Å². The van der Waals surface area contributed by atoms with Gasteiger partial charge < -0.3 is 0 Å². The van der Waals surface area contributed by atoms with Gasteiger partial charge in [0.05, 0.1) is 11.7 Å². The Hall–Kier alpha value is -3.01. The zero-order valence-corrected chi connectivity index (χ0v) is 13.1. The summed E-state index contributed by atoms with van der Waals surface area (Å²) >= 11 is 0. The van der Waals surface area contributed by atoms with E-state index in [1.165, 1.54) is 0 Å². The van der Waals surface area contributed by atoms with Gasteiger partial charge in [-0.15, -0.1) is 0 Å². The van der Waals surface area contributed by atoms with Gasteiger partial charge >= 0.3 is 0 Å². The Labute approximate surface area is 140 Å². The molecule has 4 nitrogen and oxygen atoms in total. The van der Waals surface area contributed by atoms with Gasteiger partial charge in [0.1, 0.15) is 0 Å². The number of benzene rings is 2. The quantitative estimate of drug-likeness (QED) is 0.592. The molecular weight excluding hydrogens is 298 g/mol. The number of rotatable bonds is 4. The lowest BCUT2D eigenvalue weighted by Crippen LogP contribution is -2.20. The standard InChI is InChI=1S/C20H17N3O/c24-20(23-22-12-14-6-2-1-3-7-14)18-11-17(18)16-10-15-8-4-5-9-19(15)21-13-16/h1-10,12-13,17-18H,11H2,(H,23,24). The Kier molecular flexibility index (Phi) is 3.79. The molecule has 0 bridgehead atoms. The molecule has 0 aliphatic heterocycles. The van der Waals surface area contributed by atoms with Crippen molar-refractivity contribution in [3.05, 3.63) is 78.0 Å². The van der Waals surface area contributed by atoms with Crippen LogP contribution in [0.4, 0.5) is 0 Å². The molecule has 1 heterocycles. The van der Waals surface area contributed by atoms with E-state index in [0.29, 0.717) is 0 Å². The number of aromatic nitrogens is 1. The van der Waals surface area contributed by atoms with Crippen molar-refractivity contribution in [2.75, 3.05) is 0 Å². The summed E-state index contributed by atoms with van der Waals surface area (Å²) in [4.78, 5) is 16.7. The predicted molar refractivity (Wildman–Crippen MR) is 94.8 cm³/mol. The molecule has 1 amide bonds. The maximum Gasteiger partial charge on any atom is 0.243 e. The number of carbonyl (C=O) groups is 1. The predicted octanol–water partition coefficient (Wildman–Crippen LogP) is 3.49. The van der Waals surface area contributed by atoms with Crippen LogP contribution in [0, 0.1) is 5.92 Å². The second kappa shape index (κ2) is 6.24. The highest BCUT2D eigenvalue weighted by Gasteiger charge is 2.44. The minimum absolute atomic E-state index is 0.0131. The first-order valence-corrected chi connectivity index (χ1v) is 8.04. The second-order valence-electron chi connectivity index (χ2n) is 6.05. The average Bonchev–Trinajstić information content (AvgIpc) is 3.43. The van der Waals surface area contributed by atoms with E-state index in [9.17, 15) is 4.79 Å². The zero-order valence-electron chi connectivity index (χ0n) is 13.1. The first-order chi connectivity index (χ1) is 11.8. The Morgan fingerprint density at radius 3 is 2.79 bits per heavy atom. The summed E-state index contributed by atoms with van der Waals surface area (Å²) in [6, 6.07) is 19.9. The van der Waals surface area contributed by atoms with Crippen molar-refractivity contribution < 1.29 is 4.79 Å². The fraction of sp³-hybridized carbons (Fsp3) is 0.150. The number of fused-ring (bicyclic) bond motifs is 1. The lowest BCUT2D eigenvalue weighted by atomic mass is 10.1. The van der Waals surface area contributed by atoms with Crippen LogP contribution in [0.25, 0.3) is 10.9 Å². The van der Waals surface area contributed by atoms with E-state index in [4.69, 9.17) is 0 Å². The number of nitrogens with zero attached hydrogens (tertiary/aromatic N) is 2. The summed E-state index contributed by atoms with van der Waals surface area (Å²) in [6.45, 7) is 0. The maximum absolute atomic E-state index is 12.2. The van der Waals surface area contributed by atoms with Crippen LogP contribution in [0.3, 0.4) is 0 Å². The fourth-order valence-corrected chi connectivity index (χ4v) is 2.94. The van der Waals surface area contributed by atoms with Crippen molar-refractivity contribution in [2.24, 2.45) is 11.0 Å². The van der Waals surface area contributed by atoms with E-state index < -0.39 is 0 Å². The highest BCUT2D eigenvalue weighted by atomic mass is 16.2. The minimum atomic E-state index is -0.0275. The molecule has 1 aliphatic carbocycles. The summed E-state index contributed by atoms with van der Waals surface area (Å²) in [5.74, 6) is 0.204. The molecule has 2 atom stereocenters. The molecule has 2 aromatic carbocycles. The Morgan fingerprint density at radius 1 is 1.12 bits per heavy atom. The lowest BCUT2D eigenvalue weighted by molar-refractivity contribution is -0.122. The Morgan fingerprint density at radius 2 is 1.92 bits per heavy atom. The van der Waals surface area contributed by atoms with Crippen LogP contribution >= 0.6 is 0 Å². The number of para-hydroxylation sites is 1. The molecule has 118 valence electrons. The van der Waals surface area contributed by atoms with Gasteiger partial charge in [-0.05, 0) is 35.6 Å². The van der Waals surface area contributed by atoms with Crippen LogP contribution in [-0.4, -0.2) is 17.1 Å². The molecule has 1 aromatic heterocycles. The summed E-state index contributed by atoms with van der Waals surface area (Å²) in [7, 11) is 0. The van der Waals surface area contributed by atoms with Crippen molar-refractivity contribution in [1.29, 1.82) is 0 Å². The number of amides is 1. The average molecular weight is 315 g/mol. The summed E-state index contributed by atoms with van der Waals surface area (Å²) in [5, 5.41) is 5.15. The normalized spacial score (nSPS) is 19.5. The topological polar surface area (TPSA) is 54.4 Å². The van der Waals surface area contributed by atoms with E-state index in [0.717, 1.165) is 28.5 Å². The molecule has 0 radical (unpaired) electrons. The zero-order chi connectivity index (χ0) is 16.4. The molecule has 2 unspecified atom stereocenters. The van der Waals surface area contributed by atoms with Crippen LogP contribution in [0.5, 0.6) is 0 Å². The maximum atomic E-state index is 12.2. The summed E-state index contributed by atoms with van der Waals surface area (Å²) in [5.41, 5.74) is 5.71. The van der Waals surface area contributed by atoms with Crippen molar-refractivity contribution in [3.8, 4) is 0 Å². The van der Waals surface area contributed by atoms with Crippen LogP contribution in [0.2, 0.25) is 0 Å². The molecule has 24 heavy (non-hydrogen) atoms. The highest BCUT2D eigenvalue weighted by Crippen LogP contribution is 2.47. The third-order valence-corrected chi connectivity index (χ3v) is 4.35. The van der Waals surface area contributed by atoms with Gasteiger partial charge in [-0.3, -0.25) is 9.78 Å². The van der Waals surface area contributed by atoms with E-state index in [1.807, 2.05) is 60.8 Å². The largest absolute Gasteiger partial charge is 0.273 e. The molecule has 4 rings (SSSR count).